The number of allylic oxidation sites excluding steroid dienone is 4. The molecule has 0 spiro atoms. The monoisotopic (exact) mass is 892 g/mol. The van der Waals surface area contributed by atoms with Gasteiger partial charge in [-0.3, -0.25) is 0 Å². The van der Waals surface area contributed by atoms with Crippen LogP contribution in [0, 0.1) is 18.3 Å². The molecule has 4 nitrogen and oxygen atoms in total. The molecule has 3 heterocycles. The molecule has 3 aliphatic carbocycles. The van der Waals surface area contributed by atoms with Crippen molar-refractivity contribution in [3.05, 3.63) is 159 Å². The van der Waals surface area contributed by atoms with E-state index >= 15 is 0 Å². The Kier molecular flexibility index (Phi) is 10.8. The summed E-state index contributed by atoms with van der Waals surface area (Å²) in [4.78, 5) is 18.7. The van der Waals surface area contributed by atoms with Crippen LogP contribution in [0.1, 0.15) is 111 Å². The smallest absolute Gasteiger partial charge is 0.346 e. The van der Waals surface area contributed by atoms with E-state index in [0.29, 0.717) is 0 Å². The summed E-state index contributed by atoms with van der Waals surface area (Å²) in [5.74, 6) is -1.20. The van der Waals surface area contributed by atoms with Crippen LogP contribution in [-0.2, 0) is 22.0 Å². The fraction of sp³-hybridized carbons (Fsp3) is 0.263. The van der Waals surface area contributed by atoms with Gasteiger partial charge in [0, 0.05) is 56.8 Å². The summed E-state index contributed by atoms with van der Waals surface area (Å²) in [6.07, 6.45) is 14.2. The van der Waals surface area contributed by atoms with Crippen LogP contribution in [-0.4, -0.2) is 11.1 Å². The Morgan fingerprint density at radius 2 is 1.48 bits per heavy atom. The van der Waals surface area contributed by atoms with Crippen LogP contribution in [0.25, 0.3) is 52.4 Å². The van der Waals surface area contributed by atoms with E-state index in [0.717, 1.165) is 51.3 Å². The lowest BCUT2D eigenvalue weighted by molar-refractivity contribution is -0.132. The third-order valence-corrected chi connectivity index (χ3v) is 17.9. The number of benzene rings is 4. The summed E-state index contributed by atoms with van der Waals surface area (Å²) in [7, 11) is 0. The highest BCUT2D eigenvalue weighted by molar-refractivity contribution is 7.32. The third-order valence-electron chi connectivity index (χ3n) is 13.9. The van der Waals surface area contributed by atoms with Crippen LogP contribution >= 0.6 is 34.0 Å². The number of rotatable bonds is 12. The van der Waals surface area contributed by atoms with Gasteiger partial charge in [0.25, 0.3) is 0 Å². The molecule has 64 heavy (non-hydrogen) atoms. The van der Waals surface area contributed by atoms with Crippen molar-refractivity contribution in [2.24, 2.45) is 0 Å². The minimum atomic E-state index is -1.20. The Bertz CT molecular complexity index is 3160. The van der Waals surface area contributed by atoms with Crippen molar-refractivity contribution in [2.75, 3.05) is 4.90 Å². The number of aliphatic carboxylic acids is 1. The number of thiophene rings is 3. The lowest BCUT2D eigenvalue weighted by atomic mass is 9.80. The van der Waals surface area contributed by atoms with Crippen molar-refractivity contribution in [1.82, 2.24) is 0 Å². The van der Waals surface area contributed by atoms with Gasteiger partial charge < -0.3 is 10.0 Å². The molecule has 4 aromatic carbocycles. The predicted molar refractivity (Wildman–Crippen MR) is 273 cm³/mol. The first-order valence-electron chi connectivity index (χ1n) is 22.6. The number of aryl methyl sites for hydroxylation is 2. The molecule has 0 aliphatic heterocycles. The molecule has 0 fully saturated rings. The predicted octanol–water partition coefficient (Wildman–Crippen LogP) is 17.0. The molecule has 320 valence electrons. The molecule has 0 unspecified atom stereocenters. The van der Waals surface area contributed by atoms with Crippen LogP contribution in [0.5, 0.6) is 0 Å². The highest BCUT2D eigenvalue weighted by atomic mass is 32.1. The Balaban J connectivity index is 1.05. The number of nitriles is 1. The molecule has 0 radical (unpaired) electrons. The van der Waals surface area contributed by atoms with Gasteiger partial charge in [0.2, 0.25) is 0 Å². The number of fused-ring (bicyclic) bond motifs is 6. The van der Waals surface area contributed by atoms with Crippen LogP contribution in [0.3, 0.4) is 0 Å². The van der Waals surface area contributed by atoms with Crippen LogP contribution in [0.4, 0.5) is 17.1 Å². The number of anilines is 3. The second-order valence-electron chi connectivity index (χ2n) is 18.6. The molecule has 0 amide bonds. The Morgan fingerprint density at radius 3 is 2.20 bits per heavy atom. The van der Waals surface area contributed by atoms with Crippen LogP contribution in [0.15, 0.2) is 120 Å². The van der Waals surface area contributed by atoms with Gasteiger partial charge in [-0.25, -0.2) is 4.79 Å². The zero-order valence-electron chi connectivity index (χ0n) is 37.4. The fourth-order valence-electron chi connectivity index (χ4n) is 10.5. The number of unbranched alkanes of at least 4 members (excludes halogenated alkanes) is 3. The molecular formula is C57H52N2O2S3. The molecule has 7 aromatic rings. The highest BCUT2D eigenvalue weighted by Crippen LogP contribution is 2.54. The topological polar surface area (TPSA) is 64.3 Å². The van der Waals surface area contributed by atoms with E-state index in [2.05, 4.69) is 150 Å². The average Bonchev–Trinajstić information content (AvgIpc) is 4.08. The number of hydrogen-bond donors (Lipinski definition) is 1. The normalized spacial score (nSPS) is 15.5. The number of carboxylic acid groups (broad SMARTS) is 1. The molecule has 7 heteroatoms. The molecular weight excluding hydrogens is 841 g/mol. The van der Waals surface area contributed by atoms with Gasteiger partial charge in [-0.05, 0) is 148 Å². The van der Waals surface area contributed by atoms with E-state index in [9.17, 15) is 15.2 Å². The van der Waals surface area contributed by atoms with Gasteiger partial charge in [-0.1, -0.05) is 115 Å². The second kappa shape index (κ2) is 16.3. The van der Waals surface area contributed by atoms with E-state index in [4.69, 9.17) is 0 Å². The summed E-state index contributed by atoms with van der Waals surface area (Å²) < 4.78 is 2.27. The zero-order valence-corrected chi connectivity index (χ0v) is 39.8. The van der Waals surface area contributed by atoms with Crippen LogP contribution < -0.4 is 4.90 Å². The molecule has 0 atom stereocenters. The maximum Gasteiger partial charge on any atom is 0.346 e. The fourth-order valence-corrected chi connectivity index (χ4v) is 14.4. The standard InChI is InChI=1S/C57H52N2O2S3/c1-7-8-9-10-15-36-29-50(53-34(2)52-51(63-53)32-41(62-52)28-37(33-58)55(60)61)64-54(36)35-20-22-38(23-21-35)59(39-24-26-44-42-16-11-13-18-46(42)56(3,4)48(44)30-39)40-25-27-45-43-17-12-14-19-47(43)57(5,6)49(45)31-40/h11,13-14,16,18-32H,7-10,12,15,17H2,1-6H3,(H,60,61)/b37-28+. The quantitative estimate of drug-likeness (QED) is 0.0754. The molecule has 1 N–H and O–H groups in total. The lowest BCUT2D eigenvalue weighted by Gasteiger charge is -2.30. The Hall–Kier alpha value is -5.78. The van der Waals surface area contributed by atoms with Gasteiger partial charge in [0.15, 0.2) is 0 Å². The summed E-state index contributed by atoms with van der Waals surface area (Å²) in [5, 5.41) is 18.8. The van der Waals surface area contributed by atoms with Gasteiger partial charge in [-0.2, -0.15) is 5.26 Å². The minimum absolute atomic E-state index is 0.0737. The maximum absolute atomic E-state index is 11.5. The van der Waals surface area contributed by atoms with Gasteiger partial charge in [-0.15, -0.1) is 34.0 Å². The van der Waals surface area contributed by atoms with E-state index in [1.807, 2.05) is 23.5 Å². The van der Waals surface area contributed by atoms with Gasteiger partial charge >= 0.3 is 5.97 Å². The molecule has 0 bridgehead atoms. The minimum Gasteiger partial charge on any atom is -0.477 e. The van der Waals surface area contributed by atoms with E-state index in [1.165, 1.54) is 107 Å². The molecule has 3 aromatic heterocycles. The first-order valence-corrected chi connectivity index (χ1v) is 25.0. The van der Waals surface area contributed by atoms with Crippen molar-refractivity contribution in [2.45, 2.75) is 97.3 Å². The third kappa shape index (κ3) is 7.02. The number of hydrogen-bond acceptors (Lipinski definition) is 6. The number of carbonyl (C=O) groups is 1. The molecule has 0 saturated carbocycles. The summed E-state index contributed by atoms with van der Waals surface area (Å²) in [6.45, 7) is 13.9. The Morgan fingerprint density at radius 1 is 0.781 bits per heavy atom. The molecule has 10 rings (SSSR count). The average molecular weight is 893 g/mol. The van der Waals surface area contributed by atoms with Crippen molar-refractivity contribution < 1.29 is 9.90 Å². The largest absolute Gasteiger partial charge is 0.477 e. The van der Waals surface area contributed by atoms with E-state index in [-0.39, 0.29) is 16.4 Å². The first-order chi connectivity index (χ1) is 30.9. The molecule has 3 aliphatic rings. The SMILES string of the molecule is CCCCCCc1cc(-c2sc3cc(/C=C(\C#N)C(=O)O)sc3c2C)sc1-c1ccc(N(c2ccc3c(c2)C(C)(C)C2=C3CCC=C2)c2ccc3c(c2)C(C)(C)c2ccccc2-3)cc1. The van der Waals surface area contributed by atoms with E-state index < -0.39 is 5.97 Å². The number of nitrogens with zero attached hydrogens (tertiary/aromatic N) is 2. The lowest BCUT2D eigenvalue weighted by Crippen LogP contribution is -2.18. The second-order valence-corrected chi connectivity index (χ2v) is 21.8. The highest BCUT2D eigenvalue weighted by Gasteiger charge is 2.39. The van der Waals surface area contributed by atoms with Crippen molar-refractivity contribution in [1.29, 1.82) is 5.26 Å². The maximum atomic E-state index is 11.5. The first kappa shape index (κ1) is 42.2. The van der Waals surface area contributed by atoms with Crippen molar-refractivity contribution in [3.8, 4) is 37.4 Å². The van der Waals surface area contributed by atoms with Gasteiger partial charge in [0.05, 0.1) is 0 Å². The van der Waals surface area contributed by atoms with E-state index in [1.54, 1.807) is 22.7 Å². The number of carboxylic acids is 1. The summed E-state index contributed by atoms with van der Waals surface area (Å²) in [6, 6.07) is 38.7. The molecule has 0 saturated heterocycles. The Labute approximate surface area is 389 Å². The van der Waals surface area contributed by atoms with Crippen molar-refractivity contribution >= 4 is 78.1 Å². The summed E-state index contributed by atoms with van der Waals surface area (Å²) >= 11 is 5.20. The summed E-state index contributed by atoms with van der Waals surface area (Å²) in [5.41, 5.74) is 18.0. The van der Waals surface area contributed by atoms with Crippen molar-refractivity contribution in [3.63, 3.8) is 0 Å². The van der Waals surface area contributed by atoms with Crippen LogP contribution in [0.2, 0.25) is 0 Å². The van der Waals surface area contributed by atoms with Gasteiger partial charge in [0.1, 0.15) is 11.6 Å². The zero-order chi connectivity index (χ0) is 44.5.